The zero-order valence-electron chi connectivity index (χ0n) is 12.2. The van der Waals surface area contributed by atoms with Gasteiger partial charge in [-0.25, -0.2) is 0 Å². The molecule has 3 heteroatoms. The van der Waals surface area contributed by atoms with Crippen LogP contribution in [0, 0.1) is 0 Å². The molecule has 0 aliphatic heterocycles. The van der Waals surface area contributed by atoms with Crippen molar-refractivity contribution >= 4 is 44.1 Å². The number of nitrogens with zero attached hydrogens (tertiary/aromatic N) is 1. The monoisotopic (exact) mass is 321 g/mol. The van der Waals surface area contributed by atoms with Gasteiger partial charge in [0.15, 0.2) is 0 Å². The first-order valence-electron chi connectivity index (χ1n) is 7.22. The maximum Gasteiger partial charge on any atom is 0.0844 e. The van der Waals surface area contributed by atoms with Crippen LogP contribution in [0.3, 0.4) is 0 Å². The second-order valence-electron chi connectivity index (χ2n) is 5.28. The van der Waals surface area contributed by atoms with E-state index in [9.17, 15) is 0 Å². The molecular weight excluding hydrogens is 306 g/mol. The lowest BCUT2D eigenvalue weighted by Crippen LogP contribution is -1.88. The first-order valence-corrected chi connectivity index (χ1v) is 9.33. The van der Waals surface area contributed by atoms with Crippen molar-refractivity contribution in [3.8, 4) is 0 Å². The summed E-state index contributed by atoms with van der Waals surface area (Å²) in [7, 11) is 0. The average Bonchev–Trinajstić information content (AvgIpc) is 2.98. The van der Waals surface area contributed by atoms with Crippen LogP contribution >= 0.6 is 23.1 Å². The minimum absolute atomic E-state index is 0.976. The highest BCUT2D eigenvalue weighted by atomic mass is 32.2. The van der Waals surface area contributed by atoms with Crippen LogP contribution in [-0.2, 0) is 6.42 Å². The maximum atomic E-state index is 4.69. The topological polar surface area (TPSA) is 12.9 Å². The molecule has 2 heterocycles. The molecule has 0 atom stereocenters. The van der Waals surface area contributed by atoms with Gasteiger partial charge in [0.05, 0.1) is 10.2 Å². The van der Waals surface area contributed by atoms with Crippen molar-refractivity contribution in [1.82, 2.24) is 4.98 Å². The molecule has 4 aromatic rings. The fourth-order valence-corrected chi connectivity index (χ4v) is 4.42. The molecule has 0 unspecified atom stereocenters. The van der Waals surface area contributed by atoms with Crippen LogP contribution in [0.25, 0.3) is 21.0 Å². The molecule has 2 aromatic carbocycles. The number of fused-ring (bicyclic) bond motifs is 3. The predicted molar refractivity (Wildman–Crippen MR) is 98.2 cm³/mol. The normalized spacial score (nSPS) is 11.3. The number of thioether (sulfide) groups is 1. The third-order valence-corrected chi connectivity index (χ3v) is 5.67. The summed E-state index contributed by atoms with van der Waals surface area (Å²) in [4.78, 5) is 5.94. The quantitative estimate of drug-likeness (QED) is 0.445. The van der Waals surface area contributed by atoms with Crippen LogP contribution in [0.1, 0.15) is 11.1 Å². The summed E-state index contributed by atoms with van der Waals surface area (Å²) in [6.45, 7) is 0. The first kappa shape index (κ1) is 13.8. The molecule has 0 bridgehead atoms. The Morgan fingerprint density at radius 1 is 1.05 bits per heavy atom. The predicted octanol–water partition coefficient (Wildman–Crippen LogP) is 5.76. The minimum Gasteiger partial charge on any atom is -0.254 e. The number of aromatic nitrogens is 1. The Labute approximate surface area is 138 Å². The van der Waals surface area contributed by atoms with Crippen LogP contribution in [0.2, 0.25) is 0 Å². The fourth-order valence-electron chi connectivity index (χ4n) is 2.90. The van der Waals surface area contributed by atoms with E-state index >= 15 is 0 Å². The second kappa shape index (κ2) is 5.75. The van der Waals surface area contributed by atoms with Gasteiger partial charge in [-0.3, -0.25) is 4.98 Å². The molecule has 4 rings (SSSR count). The van der Waals surface area contributed by atoms with Crippen molar-refractivity contribution in [2.45, 2.75) is 11.3 Å². The fraction of sp³-hybridized carbons (Fsp3) is 0.105. The molecule has 108 valence electrons. The molecule has 0 spiro atoms. The van der Waals surface area contributed by atoms with E-state index in [4.69, 9.17) is 4.98 Å². The molecule has 0 radical (unpaired) electrons. The molecule has 2 aromatic heterocycles. The summed E-state index contributed by atoms with van der Waals surface area (Å²) in [5, 5.41) is 4.93. The Kier molecular flexibility index (Phi) is 3.60. The van der Waals surface area contributed by atoms with Crippen molar-refractivity contribution in [2.24, 2.45) is 0 Å². The largest absolute Gasteiger partial charge is 0.254 e. The Bertz CT molecular complexity index is 942. The summed E-state index contributed by atoms with van der Waals surface area (Å²) in [5.41, 5.74) is 3.88. The number of pyridine rings is 1. The van der Waals surface area contributed by atoms with E-state index in [1.165, 1.54) is 31.5 Å². The van der Waals surface area contributed by atoms with Crippen molar-refractivity contribution in [2.75, 3.05) is 6.26 Å². The van der Waals surface area contributed by atoms with Gasteiger partial charge in [-0.2, -0.15) is 0 Å². The molecule has 0 amide bonds. The molecule has 1 nitrogen and oxygen atoms in total. The lowest BCUT2D eigenvalue weighted by atomic mass is 10.0. The minimum atomic E-state index is 0.976. The smallest absolute Gasteiger partial charge is 0.0844 e. The van der Waals surface area contributed by atoms with Gasteiger partial charge in [0, 0.05) is 21.9 Å². The summed E-state index contributed by atoms with van der Waals surface area (Å²) in [6, 6.07) is 17.2. The van der Waals surface area contributed by atoms with E-state index in [1.807, 2.05) is 6.20 Å². The Balaban J connectivity index is 1.95. The molecule has 0 saturated carbocycles. The number of hydrogen-bond acceptors (Lipinski definition) is 3. The van der Waals surface area contributed by atoms with Gasteiger partial charge in [0.25, 0.3) is 0 Å². The van der Waals surface area contributed by atoms with Crippen LogP contribution in [0.5, 0.6) is 0 Å². The molecule has 0 aliphatic carbocycles. The zero-order chi connectivity index (χ0) is 14.9. The molecule has 22 heavy (non-hydrogen) atoms. The summed E-state index contributed by atoms with van der Waals surface area (Å²) in [5.74, 6) is 0. The van der Waals surface area contributed by atoms with E-state index in [0.29, 0.717) is 0 Å². The third kappa shape index (κ3) is 2.31. The first-order chi connectivity index (χ1) is 10.9. The number of rotatable bonds is 3. The average molecular weight is 321 g/mol. The lowest BCUT2D eigenvalue weighted by Gasteiger charge is -2.06. The van der Waals surface area contributed by atoms with E-state index in [2.05, 4.69) is 60.2 Å². The van der Waals surface area contributed by atoms with Gasteiger partial charge in [0.1, 0.15) is 0 Å². The number of benzene rings is 2. The molecule has 0 fully saturated rings. The highest BCUT2D eigenvalue weighted by molar-refractivity contribution is 7.98. The van der Waals surface area contributed by atoms with Gasteiger partial charge in [0.2, 0.25) is 0 Å². The number of para-hydroxylation sites is 1. The Morgan fingerprint density at radius 2 is 1.91 bits per heavy atom. The molecule has 0 aliphatic rings. The van der Waals surface area contributed by atoms with Crippen molar-refractivity contribution < 1.29 is 0 Å². The van der Waals surface area contributed by atoms with Gasteiger partial charge in [-0.05, 0) is 35.2 Å². The second-order valence-corrected chi connectivity index (χ2v) is 7.04. The highest BCUT2D eigenvalue weighted by Crippen LogP contribution is 2.35. The summed E-state index contributed by atoms with van der Waals surface area (Å²) >= 11 is 3.55. The number of thiophene rings is 1. The molecule has 0 saturated heterocycles. The van der Waals surface area contributed by atoms with Gasteiger partial charge >= 0.3 is 0 Å². The maximum absolute atomic E-state index is 4.69. The van der Waals surface area contributed by atoms with Crippen molar-refractivity contribution in [3.63, 3.8) is 0 Å². The highest BCUT2D eigenvalue weighted by Gasteiger charge is 2.11. The molecular formula is C19H15NS2. The standard InChI is InChI=1S/C19H15NS2/c1-21-16-9-5-8-15-18-14(10-13-6-3-2-4-7-13)12-22-17(18)11-20-19(15)16/h2-9,11-12H,10H2,1H3. The van der Waals surface area contributed by atoms with E-state index in [1.54, 1.807) is 23.1 Å². The van der Waals surface area contributed by atoms with Gasteiger partial charge < -0.3 is 0 Å². The Hall–Kier alpha value is -1.84. The van der Waals surface area contributed by atoms with Crippen molar-refractivity contribution in [1.29, 1.82) is 0 Å². The molecule has 0 N–H and O–H groups in total. The van der Waals surface area contributed by atoms with Crippen molar-refractivity contribution in [3.05, 3.63) is 71.2 Å². The lowest BCUT2D eigenvalue weighted by molar-refractivity contribution is 1.23. The zero-order valence-corrected chi connectivity index (χ0v) is 13.9. The summed E-state index contributed by atoms with van der Waals surface area (Å²) < 4.78 is 1.27. The van der Waals surface area contributed by atoms with Crippen LogP contribution in [0.4, 0.5) is 0 Å². The van der Waals surface area contributed by atoms with Gasteiger partial charge in [-0.1, -0.05) is 42.5 Å². The third-order valence-electron chi connectivity index (χ3n) is 3.93. The van der Waals surface area contributed by atoms with Crippen LogP contribution in [0.15, 0.2) is 65.0 Å². The van der Waals surface area contributed by atoms with Crippen LogP contribution < -0.4 is 0 Å². The van der Waals surface area contributed by atoms with Gasteiger partial charge in [-0.15, -0.1) is 23.1 Å². The summed E-state index contributed by atoms with van der Waals surface area (Å²) in [6.07, 6.45) is 5.11. The van der Waals surface area contributed by atoms with E-state index < -0.39 is 0 Å². The SMILES string of the molecule is CSc1cccc2c1ncc1scc(Cc3ccccc3)c12. The Morgan fingerprint density at radius 3 is 2.73 bits per heavy atom. The van der Waals surface area contributed by atoms with E-state index in [-0.39, 0.29) is 0 Å². The van der Waals surface area contributed by atoms with Crippen LogP contribution in [-0.4, -0.2) is 11.2 Å². The number of hydrogen-bond donors (Lipinski definition) is 0. The van der Waals surface area contributed by atoms with E-state index in [0.717, 1.165) is 11.9 Å².